The summed E-state index contributed by atoms with van der Waals surface area (Å²) in [7, 11) is 0. The van der Waals surface area contributed by atoms with Crippen LogP contribution in [-0.2, 0) is 18.0 Å². The molecule has 0 spiro atoms. The van der Waals surface area contributed by atoms with Gasteiger partial charge in [-0.3, -0.25) is 10.0 Å². The summed E-state index contributed by atoms with van der Waals surface area (Å²) in [4.78, 5) is 5.65. The fourth-order valence-electron chi connectivity index (χ4n) is 3.65. The van der Waals surface area contributed by atoms with Gasteiger partial charge >= 0.3 is 0 Å². The zero-order valence-electron chi connectivity index (χ0n) is 17.6. The second kappa shape index (κ2) is 9.16. The highest BCUT2D eigenvalue weighted by molar-refractivity contribution is 6.00. The van der Waals surface area contributed by atoms with E-state index in [2.05, 4.69) is 24.0 Å². The molecule has 6 heteroatoms. The topological polar surface area (TPSA) is 28.1 Å². The Morgan fingerprint density at radius 1 is 1.00 bits per heavy atom. The summed E-state index contributed by atoms with van der Waals surface area (Å²) in [6, 6.07) is 21.2. The van der Waals surface area contributed by atoms with E-state index < -0.39 is 11.6 Å². The molecule has 31 heavy (non-hydrogen) atoms. The number of amidine groups is 1. The van der Waals surface area contributed by atoms with E-state index in [1.165, 1.54) is 12.1 Å². The van der Waals surface area contributed by atoms with Crippen molar-refractivity contribution in [1.29, 1.82) is 0 Å². The average Bonchev–Trinajstić information content (AvgIpc) is 3.10. The summed E-state index contributed by atoms with van der Waals surface area (Å²) in [6.07, 6.45) is 0. The minimum absolute atomic E-state index is 0.191. The van der Waals surface area contributed by atoms with Crippen LogP contribution >= 0.6 is 0 Å². The molecule has 4 nitrogen and oxygen atoms in total. The van der Waals surface area contributed by atoms with Crippen molar-refractivity contribution in [1.82, 2.24) is 5.01 Å². The number of nitrogens with zero attached hydrogens (tertiary/aromatic N) is 3. The highest BCUT2D eigenvalue weighted by Crippen LogP contribution is 2.33. The highest BCUT2D eigenvalue weighted by atomic mass is 19.1. The third-order valence-electron chi connectivity index (χ3n) is 5.06. The van der Waals surface area contributed by atoms with Gasteiger partial charge in [0.25, 0.3) is 0 Å². The molecule has 4 rings (SSSR count). The summed E-state index contributed by atoms with van der Waals surface area (Å²) < 4.78 is 28.4. The maximum atomic E-state index is 14.8. The lowest BCUT2D eigenvalue weighted by molar-refractivity contribution is 0.125. The lowest BCUT2D eigenvalue weighted by Crippen LogP contribution is -2.44. The van der Waals surface area contributed by atoms with Crippen LogP contribution in [0.1, 0.15) is 30.5 Å². The Morgan fingerprint density at radius 3 is 2.48 bits per heavy atom. The maximum Gasteiger partial charge on any atom is 0.197 e. The Kier molecular flexibility index (Phi) is 6.16. The van der Waals surface area contributed by atoms with Crippen molar-refractivity contribution in [3.8, 4) is 0 Å². The lowest BCUT2D eigenvalue weighted by atomic mass is 10.1. The number of hydrogen-bond acceptors (Lipinski definition) is 3. The van der Waals surface area contributed by atoms with E-state index in [4.69, 9.17) is 4.84 Å². The zero-order valence-corrected chi connectivity index (χ0v) is 17.6. The number of oxime groups is 1. The smallest absolute Gasteiger partial charge is 0.197 e. The predicted molar refractivity (Wildman–Crippen MR) is 118 cm³/mol. The fourth-order valence-corrected chi connectivity index (χ4v) is 3.65. The van der Waals surface area contributed by atoms with Crippen molar-refractivity contribution in [2.24, 2.45) is 11.1 Å². The molecular weight excluding hydrogens is 396 g/mol. The number of fused-ring (bicyclic) bond motifs is 1. The van der Waals surface area contributed by atoms with E-state index in [-0.39, 0.29) is 12.2 Å². The molecule has 0 N–H and O–H groups in total. The van der Waals surface area contributed by atoms with Crippen LogP contribution in [0.25, 0.3) is 0 Å². The minimum atomic E-state index is -0.678. The van der Waals surface area contributed by atoms with Crippen molar-refractivity contribution < 1.29 is 13.6 Å². The summed E-state index contributed by atoms with van der Waals surface area (Å²) in [6.45, 7) is 5.74. The number of hydrogen-bond donors (Lipinski definition) is 0. The van der Waals surface area contributed by atoms with Crippen molar-refractivity contribution in [2.75, 3.05) is 11.6 Å². The van der Waals surface area contributed by atoms with E-state index >= 15 is 0 Å². The molecule has 0 bridgehead atoms. The van der Waals surface area contributed by atoms with Crippen molar-refractivity contribution in [2.45, 2.75) is 27.0 Å². The van der Waals surface area contributed by atoms with Crippen LogP contribution in [0.4, 0.5) is 14.5 Å². The molecule has 0 amide bonds. The van der Waals surface area contributed by atoms with Crippen LogP contribution in [0.15, 0.2) is 78.0 Å². The molecule has 160 valence electrons. The van der Waals surface area contributed by atoms with Gasteiger partial charge in [0.15, 0.2) is 5.84 Å². The molecule has 0 aromatic heterocycles. The first kappa shape index (κ1) is 20.8. The minimum Gasteiger partial charge on any atom is -0.389 e. The summed E-state index contributed by atoms with van der Waals surface area (Å²) in [5, 5.41) is 8.34. The third-order valence-corrected chi connectivity index (χ3v) is 5.06. The van der Waals surface area contributed by atoms with Gasteiger partial charge in [-0.05, 0) is 35.2 Å². The zero-order chi connectivity index (χ0) is 21.8. The van der Waals surface area contributed by atoms with Crippen LogP contribution in [0.2, 0.25) is 0 Å². The van der Waals surface area contributed by atoms with Crippen LogP contribution in [0.5, 0.6) is 0 Å². The van der Waals surface area contributed by atoms with Gasteiger partial charge < -0.3 is 4.84 Å². The fraction of sp³-hybridized carbons (Fsp3) is 0.240. The monoisotopic (exact) mass is 421 g/mol. The van der Waals surface area contributed by atoms with Gasteiger partial charge in [-0.2, -0.15) is 0 Å². The second-order valence-electron chi connectivity index (χ2n) is 7.96. The van der Waals surface area contributed by atoms with Crippen LogP contribution in [0.3, 0.4) is 0 Å². The molecule has 0 saturated carbocycles. The highest BCUT2D eigenvalue weighted by Gasteiger charge is 2.32. The predicted octanol–water partition coefficient (Wildman–Crippen LogP) is 5.74. The van der Waals surface area contributed by atoms with Crippen LogP contribution in [0, 0.1) is 17.6 Å². The maximum absolute atomic E-state index is 14.8. The molecule has 3 aromatic rings. The van der Waals surface area contributed by atoms with Crippen LogP contribution < -0.4 is 5.01 Å². The van der Waals surface area contributed by atoms with E-state index in [1.54, 1.807) is 0 Å². The standard InChI is InChI=1S/C25H25F2N3O/c1-18(2)15-29-24-11-7-6-10-20(24)16-30(29)25(22-13-12-21(26)14-23(22)27)28-31-17-19-8-4-3-5-9-19/h3-14,18H,15-17H2,1-2H3/b28-25+. The van der Waals surface area contributed by atoms with Crippen molar-refractivity contribution in [3.63, 3.8) is 0 Å². The number of hydrazine groups is 1. The normalized spacial score (nSPS) is 13.6. The molecule has 1 heterocycles. The van der Waals surface area contributed by atoms with Gasteiger partial charge in [0.2, 0.25) is 0 Å². The van der Waals surface area contributed by atoms with Gasteiger partial charge in [0.05, 0.1) is 17.8 Å². The lowest BCUT2D eigenvalue weighted by Gasteiger charge is -2.33. The molecule has 0 fully saturated rings. The molecular formula is C25H25F2N3O. The Labute approximate surface area is 181 Å². The van der Waals surface area contributed by atoms with E-state index in [0.29, 0.717) is 18.3 Å². The molecule has 1 aliphatic rings. The van der Waals surface area contributed by atoms with Crippen LogP contribution in [-0.4, -0.2) is 17.4 Å². The Balaban J connectivity index is 1.71. The molecule has 0 aliphatic carbocycles. The van der Waals surface area contributed by atoms with E-state index in [0.717, 1.165) is 29.4 Å². The molecule has 0 unspecified atom stereocenters. The summed E-state index contributed by atoms with van der Waals surface area (Å²) in [5.74, 6) is -0.638. The third kappa shape index (κ3) is 4.68. The SMILES string of the molecule is CC(C)CN1c2ccccc2CN1/C(=N/OCc1ccccc1)c1ccc(F)cc1F. The van der Waals surface area contributed by atoms with E-state index in [1.807, 2.05) is 59.6 Å². The number of para-hydroxylation sites is 1. The average molecular weight is 421 g/mol. The molecule has 0 radical (unpaired) electrons. The Hall–Kier alpha value is -3.41. The summed E-state index contributed by atoms with van der Waals surface area (Å²) in [5.41, 5.74) is 3.31. The first-order valence-corrected chi connectivity index (χ1v) is 10.3. The quantitative estimate of drug-likeness (QED) is 0.289. The molecule has 0 saturated heterocycles. The van der Waals surface area contributed by atoms with Gasteiger partial charge in [0.1, 0.15) is 18.2 Å². The molecule has 0 atom stereocenters. The largest absolute Gasteiger partial charge is 0.389 e. The van der Waals surface area contributed by atoms with Gasteiger partial charge in [0, 0.05) is 12.6 Å². The molecule has 3 aromatic carbocycles. The number of rotatable bonds is 6. The second-order valence-corrected chi connectivity index (χ2v) is 7.96. The molecule has 1 aliphatic heterocycles. The number of anilines is 1. The van der Waals surface area contributed by atoms with E-state index in [9.17, 15) is 8.78 Å². The van der Waals surface area contributed by atoms with Crippen molar-refractivity contribution >= 4 is 11.5 Å². The van der Waals surface area contributed by atoms with Gasteiger partial charge in [-0.1, -0.05) is 67.5 Å². The van der Waals surface area contributed by atoms with Gasteiger partial charge in [-0.25, -0.2) is 8.78 Å². The van der Waals surface area contributed by atoms with Gasteiger partial charge in [-0.15, -0.1) is 0 Å². The summed E-state index contributed by atoms with van der Waals surface area (Å²) >= 11 is 0. The Bertz CT molecular complexity index is 1070. The first-order valence-electron chi connectivity index (χ1n) is 10.3. The van der Waals surface area contributed by atoms with Crippen molar-refractivity contribution in [3.05, 3.63) is 101 Å². The number of benzene rings is 3. The number of halogens is 2. The Morgan fingerprint density at radius 2 is 1.74 bits per heavy atom. The first-order chi connectivity index (χ1) is 15.0.